The summed E-state index contributed by atoms with van der Waals surface area (Å²) >= 11 is 0. The van der Waals surface area contributed by atoms with Crippen LogP contribution < -0.4 is 5.73 Å². The quantitative estimate of drug-likeness (QED) is 0.534. The highest BCUT2D eigenvalue weighted by Crippen LogP contribution is 2.08. The molecular formula is C4H7F2NO2. The molecule has 0 saturated carbocycles. The molecule has 0 aromatic rings. The number of primary amides is 1. The van der Waals surface area contributed by atoms with Crippen LogP contribution in [0.5, 0.6) is 0 Å². The van der Waals surface area contributed by atoms with E-state index in [-0.39, 0.29) is 0 Å². The Bertz CT molecular complexity index is 113. The first kappa shape index (κ1) is 8.29. The largest absolute Gasteiger partial charge is 0.392 e. The lowest BCUT2D eigenvalue weighted by Gasteiger charge is -2.12. The summed E-state index contributed by atoms with van der Waals surface area (Å²) in [5.74, 6) is -1.48. The summed E-state index contributed by atoms with van der Waals surface area (Å²) in [5, 5.41) is 8.04. The van der Waals surface area contributed by atoms with E-state index in [9.17, 15) is 13.6 Å². The minimum Gasteiger partial charge on any atom is -0.392 e. The standard InChI is InChI=1S/C4H7F2NO2/c5-1-4(6,2-8)3(7)9/h8H,1-2H2,(H2,7,9). The molecule has 0 saturated heterocycles. The number of hydrogen-bond acceptors (Lipinski definition) is 2. The zero-order valence-electron chi connectivity index (χ0n) is 4.60. The second-order valence-corrected chi connectivity index (χ2v) is 1.62. The zero-order chi connectivity index (χ0) is 7.49. The lowest BCUT2D eigenvalue weighted by molar-refractivity contribution is -0.133. The molecule has 0 spiro atoms. The van der Waals surface area contributed by atoms with Crippen molar-refractivity contribution in [3.8, 4) is 0 Å². The SMILES string of the molecule is NC(=O)C(F)(CO)CF. The van der Waals surface area contributed by atoms with Crippen molar-refractivity contribution in [3.63, 3.8) is 0 Å². The van der Waals surface area contributed by atoms with Gasteiger partial charge in [-0.15, -0.1) is 0 Å². The van der Waals surface area contributed by atoms with Gasteiger partial charge in [-0.25, -0.2) is 8.78 Å². The number of amides is 1. The highest BCUT2D eigenvalue weighted by Gasteiger charge is 2.35. The molecule has 5 heteroatoms. The molecule has 0 rings (SSSR count). The summed E-state index contributed by atoms with van der Waals surface area (Å²) in [7, 11) is 0. The Morgan fingerprint density at radius 3 is 2.22 bits per heavy atom. The number of aliphatic hydroxyl groups excluding tert-OH is 1. The molecule has 0 aliphatic carbocycles. The zero-order valence-corrected chi connectivity index (χ0v) is 4.60. The van der Waals surface area contributed by atoms with E-state index in [0.717, 1.165) is 0 Å². The van der Waals surface area contributed by atoms with Gasteiger partial charge in [0.2, 0.25) is 5.67 Å². The Balaban J connectivity index is 4.09. The van der Waals surface area contributed by atoms with Crippen molar-refractivity contribution >= 4 is 5.91 Å². The normalized spacial score (nSPS) is 16.8. The van der Waals surface area contributed by atoms with Crippen molar-refractivity contribution in [2.45, 2.75) is 5.67 Å². The van der Waals surface area contributed by atoms with Crippen molar-refractivity contribution in [2.24, 2.45) is 5.73 Å². The van der Waals surface area contributed by atoms with Gasteiger partial charge in [0.15, 0.2) is 0 Å². The van der Waals surface area contributed by atoms with Crippen LogP contribution in [0.15, 0.2) is 0 Å². The lowest BCUT2D eigenvalue weighted by Crippen LogP contribution is -2.44. The van der Waals surface area contributed by atoms with Crippen LogP contribution in [-0.2, 0) is 4.79 Å². The number of hydrogen-bond donors (Lipinski definition) is 2. The molecule has 3 nitrogen and oxygen atoms in total. The van der Waals surface area contributed by atoms with E-state index in [1.54, 1.807) is 0 Å². The van der Waals surface area contributed by atoms with Crippen molar-refractivity contribution in [1.82, 2.24) is 0 Å². The Labute approximate surface area is 50.5 Å². The summed E-state index contributed by atoms with van der Waals surface area (Å²) in [6.45, 7) is -2.79. The molecule has 1 unspecified atom stereocenters. The predicted molar refractivity (Wildman–Crippen MR) is 26.1 cm³/mol. The third-order valence-electron chi connectivity index (χ3n) is 0.904. The van der Waals surface area contributed by atoms with Crippen LogP contribution in [0.1, 0.15) is 0 Å². The summed E-state index contributed by atoms with van der Waals surface area (Å²) in [6, 6.07) is 0. The molecule has 0 aromatic carbocycles. The van der Waals surface area contributed by atoms with E-state index in [4.69, 9.17) is 5.11 Å². The van der Waals surface area contributed by atoms with Crippen LogP contribution in [-0.4, -0.2) is 30.0 Å². The van der Waals surface area contributed by atoms with E-state index >= 15 is 0 Å². The Hall–Kier alpha value is -0.710. The van der Waals surface area contributed by atoms with E-state index in [1.165, 1.54) is 0 Å². The van der Waals surface area contributed by atoms with Gasteiger partial charge in [0.25, 0.3) is 5.91 Å². The Morgan fingerprint density at radius 1 is 1.78 bits per heavy atom. The maximum Gasteiger partial charge on any atom is 0.260 e. The molecule has 0 fully saturated rings. The summed E-state index contributed by atoms with van der Waals surface area (Å²) < 4.78 is 23.7. The van der Waals surface area contributed by atoms with Crippen LogP contribution in [0, 0.1) is 0 Å². The predicted octanol–water partition coefficient (Wildman–Crippen LogP) is -0.858. The summed E-state index contributed by atoms with van der Waals surface area (Å²) in [5.41, 5.74) is 1.49. The van der Waals surface area contributed by atoms with Gasteiger partial charge in [-0.3, -0.25) is 4.79 Å². The van der Waals surface area contributed by atoms with Crippen molar-refractivity contribution in [3.05, 3.63) is 0 Å². The van der Waals surface area contributed by atoms with E-state index < -0.39 is 24.9 Å². The second kappa shape index (κ2) is 2.72. The molecule has 1 atom stereocenters. The molecule has 0 bridgehead atoms. The topological polar surface area (TPSA) is 63.3 Å². The van der Waals surface area contributed by atoms with E-state index in [1.807, 2.05) is 0 Å². The van der Waals surface area contributed by atoms with Crippen LogP contribution in [0.25, 0.3) is 0 Å². The van der Waals surface area contributed by atoms with Crippen molar-refractivity contribution in [2.75, 3.05) is 13.3 Å². The first-order valence-electron chi connectivity index (χ1n) is 2.22. The molecule has 0 heterocycles. The number of aliphatic hydroxyl groups is 1. The number of alkyl halides is 2. The van der Waals surface area contributed by atoms with Crippen LogP contribution in [0.3, 0.4) is 0 Å². The minimum atomic E-state index is -2.89. The molecule has 0 radical (unpaired) electrons. The first-order chi connectivity index (χ1) is 4.06. The molecule has 54 valence electrons. The van der Waals surface area contributed by atoms with E-state index in [0.29, 0.717) is 0 Å². The van der Waals surface area contributed by atoms with Crippen LogP contribution in [0.2, 0.25) is 0 Å². The molecule has 9 heavy (non-hydrogen) atoms. The fourth-order valence-corrected chi connectivity index (χ4v) is 0.186. The first-order valence-corrected chi connectivity index (χ1v) is 2.22. The van der Waals surface area contributed by atoms with Crippen LogP contribution in [0.4, 0.5) is 8.78 Å². The third kappa shape index (κ3) is 1.60. The maximum absolute atomic E-state index is 12.3. The average Bonchev–Trinajstić information content (AvgIpc) is 1.86. The third-order valence-corrected chi connectivity index (χ3v) is 0.904. The summed E-state index contributed by atoms with van der Waals surface area (Å²) in [6.07, 6.45) is 0. The van der Waals surface area contributed by atoms with Crippen molar-refractivity contribution in [1.29, 1.82) is 0 Å². The molecule has 3 N–H and O–H groups in total. The number of halogens is 2. The fraction of sp³-hybridized carbons (Fsp3) is 0.750. The second-order valence-electron chi connectivity index (χ2n) is 1.62. The highest BCUT2D eigenvalue weighted by atomic mass is 19.2. The van der Waals surface area contributed by atoms with Gasteiger partial charge in [0.05, 0.1) is 6.61 Å². The molecule has 0 aliphatic rings. The minimum absolute atomic E-state index is 1.21. The Morgan fingerprint density at radius 2 is 2.22 bits per heavy atom. The van der Waals surface area contributed by atoms with Gasteiger partial charge >= 0.3 is 0 Å². The molecule has 0 aromatic heterocycles. The number of carbonyl (C=O) groups excluding carboxylic acids is 1. The molecule has 1 amide bonds. The van der Waals surface area contributed by atoms with E-state index in [2.05, 4.69) is 5.73 Å². The van der Waals surface area contributed by atoms with Gasteiger partial charge in [-0.05, 0) is 0 Å². The highest BCUT2D eigenvalue weighted by molar-refractivity contribution is 5.83. The Kier molecular flexibility index (Phi) is 2.51. The van der Waals surface area contributed by atoms with Gasteiger partial charge in [-0.2, -0.15) is 0 Å². The molecular weight excluding hydrogens is 132 g/mol. The van der Waals surface area contributed by atoms with Crippen LogP contribution >= 0.6 is 0 Å². The number of nitrogens with two attached hydrogens (primary N) is 1. The maximum atomic E-state index is 12.3. The number of rotatable bonds is 3. The lowest BCUT2D eigenvalue weighted by atomic mass is 10.1. The monoisotopic (exact) mass is 139 g/mol. The van der Waals surface area contributed by atoms with Crippen molar-refractivity contribution < 1.29 is 18.7 Å². The van der Waals surface area contributed by atoms with Gasteiger partial charge in [0, 0.05) is 0 Å². The van der Waals surface area contributed by atoms with Gasteiger partial charge in [-0.1, -0.05) is 0 Å². The average molecular weight is 139 g/mol. The smallest absolute Gasteiger partial charge is 0.260 e. The molecule has 0 aliphatic heterocycles. The fourth-order valence-electron chi connectivity index (χ4n) is 0.186. The van der Waals surface area contributed by atoms with Gasteiger partial charge in [0.1, 0.15) is 6.67 Å². The number of carbonyl (C=O) groups is 1. The van der Waals surface area contributed by atoms with Gasteiger partial charge < -0.3 is 10.8 Å². The summed E-state index contributed by atoms with van der Waals surface area (Å²) in [4.78, 5) is 9.93.